The normalized spacial score (nSPS) is 20.9. The monoisotopic (exact) mass is 446 g/mol. The van der Waals surface area contributed by atoms with E-state index in [1.165, 1.54) is 16.7 Å². The molecule has 1 aromatic rings. The second kappa shape index (κ2) is 9.34. The smallest absolute Gasteiger partial charge is 0.356 e. The fraction of sp³-hybridized carbons (Fsp3) is 0.381. The van der Waals surface area contributed by atoms with Crippen LogP contribution < -0.4 is 5.32 Å². The van der Waals surface area contributed by atoms with E-state index in [1.54, 1.807) is 6.92 Å². The summed E-state index contributed by atoms with van der Waals surface area (Å²) in [6.07, 6.45) is -1.57. The van der Waals surface area contributed by atoms with E-state index in [0.29, 0.717) is 11.3 Å². The first-order valence-electron chi connectivity index (χ1n) is 9.51. The van der Waals surface area contributed by atoms with Crippen LogP contribution in [0.4, 0.5) is 0 Å². The molecule has 2 heterocycles. The molecule has 2 amide bonds. The fourth-order valence-corrected chi connectivity index (χ4v) is 4.63. The molecule has 2 aliphatic rings. The zero-order valence-electron chi connectivity index (χ0n) is 17.2. The molecule has 0 spiro atoms. The van der Waals surface area contributed by atoms with Crippen LogP contribution in [0.3, 0.4) is 0 Å². The largest absolute Gasteiger partial charge is 0.466 e. The summed E-state index contributed by atoms with van der Waals surface area (Å²) in [5.74, 6) is -2.99. The van der Waals surface area contributed by atoms with Crippen molar-refractivity contribution >= 4 is 41.3 Å². The van der Waals surface area contributed by atoms with Crippen molar-refractivity contribution in [3.05, 3.63) is 47.2 Å². The van der Waals surface area contributed by atoms with Crippen LogP contribution in [-0.2, 0) is 39.9 Å². The highest BCUT2D eigenvalue weighted by molar-refractivity contribution is 8.00. The summed E-state index contributed by atoms with van der Waals surface area (Å²) in [5, 5.41) is 2.24. The predicted molar refractivity (Wildman–Crippen MR) is 110 cm³/mol. The number of hydrogen-bond acceptors (Lipinski definition) is 8. The zero-order valence-corrected chi connectivity index (χ0v) is 18.1. The first kappa shape index (κ1) is 22.5. The SMILES string of the molecule is COC(=O)C(OC(=O)C1=C(C)CSC2C(NC(=O)Cc3ccccc3)C(=O)N12)C(C)=O. The van der Waals surface area contributed by atoms with Crippen molar-refractivity contribution in [2.75, 3.05) is 12.9 Å². The maximum Gasteiger partial charge on any atom is 0.356 e. The lowest BCUT2D eigenvalue weighted by molar-refractivity contribution is -0.169. The number of carbonyl (C=O) groups is 5. The molecule has 1 fully saturated rings. The Bertz CT molecular complexity index is 960. The molecule has 0 aliphatic carbocycles. The van der Waals surface area contributed by atoms with E-state index in [0.717, 1.165) is 19.6 Å². The molecule has 31 heavy (non-hydrogen) atoms. The molecule has 3 rings (SSSR count). The van der Waals surface area contributed by atoms with E-state index >= 15 is 0 Å². The van der Waals surface area contributed by atoms with Gasteiger partial charge in [-0.05, 0) is 25.0 Å². The topological polar surface area (TPSA) is 119 Å². The third-order valence-electron chi connectivity index (χ3n) is 4.89. The second-order valence-corrected chi connectivity index (χ2v) is 8.27. The molecule has 9 nitrogen and oxygen atoms in total. The van der Waals surface area contributed by atoms with Crippen LogP contribution >= 0.6 is 11.8 Å². The molecule has 1 aromatic carbocycles. The van der Waals surface area contributed by atoms with Gasteiger partial charge in [0.2, 0.25) is 5.91 Å². The Balaban J connectivity index is 1.69. The van der Waals surface area contributed by atoms with E-state index in [4.69, 9.17) is 4.74 Å². The fourth-order valence-electron chi connectivity index (χ4n) is 3.33. The lowest BCUT2D eigenvalue weighted by Gasteiger charge is -2.49. The Hall–Kier alpha value is -3.14. The molecule has 3 unspecified atom stereocenters. The van der Waals surface area contributed by atoms with Gasteiger partial charge in [0.1, 0.15) is 17.1 Å². The minimum atomic E-state index is -1.71. The van der Waals surface area contributed by atoms with Crippen molar-refractivity contribution in [1.82, 2.24) is 10.2 Å². The zero-order chi connectivity index (χ0) is 22.7. The minimum Gasteiger partial charge on any atom is -0.466 e. The number of ether oxygens (including phenoxy) is 2. The molecular weight excluding hydrogens is 424 g/mol. The molecule has 164 valence electrons. The van der Waals surface area contributed by atoms with Gasteiger partial charge >= 0.3 is 11.9 Å². The Morgan fingerprint density at radius 1 is 1.23 bits per heavy atom. The number of thioether (sulfide) groups is 1. The summed E-state index contributed by atoms with van der Waals surface area (Å²) < 4.78 is 9.56. The van der Waals surface area contributed by atoms with Gasteiger partial charge in [-0.1, -0.05) is 30.3 Å². The van der Waals surface area contributed by atoms with Gasteiger partial charge in [-0.25, -0.2) is 9.59 Å². The van der Waals surface area contributed by atoms with E-state index in [9.17, 15) is 24.0 Å². The predicted octanol–water partition coefficient (Wildman–Crippen LogP) is 0.577. The summed E-state index contributed by atoms with van der Waals surface area (Å²) >= 11 is 1.40. The lowest BCUT2D eigenvalue weighted by Crippen LogP contribution is -2.70. The first-order valence-corrected chi connectivity index (χ1v) is 10.6. The van der Waals surface area contributed by atoms with Crippen molar-refractivity contribution in [3.63, 3.8) is 0 Å². The van der Waals surface area contributed by atoms with Crippen LogP contribution in [0.2, 0.25) is 0 Å². The third kappa shape index (κ3) is 4.63. The van der Waals surface area contributed by atoms with Crippen LogP contribution in [-0.4, -0.2) is 64.8 Å². The van der Waals surface area contributed by atoms with Gasteiger partial charge in [0, 0.05) is 5.75 Å². The van der Waals surface area contributed by atoms with Crippen molar-refractivity contribution in [3.8, 4) is 0 Å². The maximum atomic E-state index is 12.8. The van der Waals surface area contributed by atoms with E-state index in [2.05, 4.69) is 10.1 Å². The molecule has 0 saturated carbocycles. The highest BCUT2D eigenvalue weighted by atomic mass is 32.2. The highest BCUT2D eigenvalue weighted by Crippen LogP contribution is 2.40. The van der Waals surface area contributed by atoms with Crippen molar-refractivity contribution in [2.45, 2.75) is 37.8 Å². The van der Waals surface area contributed by atoms with Gasteiger partial charge in [-0.2, -0.15) is 0 Å². The number of rotatable bonds is 7. The molecule has 0 bridgehead atoms. The molecule has 2 aliphatic heterocycles. The first-order chi connectivity index (χ1) is 14.7. The molecule has 1 N–H and O–H groups in total. The molecule has 3 atom stereocenters. The molecule has 1 saturated heterocycles. The highest BCUT2D eigenvalue weighted by Gasteiger charge is 2.54. The van der Waals surface area contributed by atoms with Gasteiger partial charge in [0.15, 0.2) is 5.78 Å². The summed E-state index contributed by atoms with van der Waals surface area (Å²) in [6, 6.07) is 8.35. The summed E-state index contributed by atoms with van der Waals surface area (Å²) in [4.78, 5) is 62.5. The van der Waals surface area contributed by atoms with Crippen LogP contribution in [0.25, 0.3) is 0 Å². The van der Waals surface area contributed by atoms with E-state index in [1.807, 2.05) is 30.3 Å². The van der Waals surface area contributed by atoms with Crippen molar-refractivity contribution in [1.29, 1.82) is 0 Å². The Morgan fingerprint density at radius 2 is 1.90 bits per heavy atom. The number of amides is 2. The van der Waals surface area contributed by atoms with Gasteiger partial charge in [-0.15, -0.1) is 11.8 Å². The van der Waals surface area contributed by atoms with Gasteiger partial charge in [0.05, 0.1) is 13.5 Å². The second-order valence-electron chi connectivity index (χ2n) is 7.17. The number of benzene rings is 1. The third-order valence-corrected chi connectivity index (χ3v) is 6.31. The number of fused-ring (bicyclic) bond motifs is 1. The van der Waals surface area contributed by atoms with Crippen molar-refractivity contribution in [2.24, 2.45) is 0 Å². The summed E-state index contributed by atoms with van der Waals surface area (Å²) in [7, 11) is 1.07. The van der Waals surface area contributed by atoms with Crippen LogP contribution in [0.1, 0.15) is 19.4 Å². The number of nitrogens with zero attached hydrogens (tertiary/aromatic N) is 1. The number of esters is 2. The number of Topliss-reactive ketones (excluding diaryl/α,β-unsaturated/α-hetero) is 1. The van der Waals surface area contributed by atoms with Crippen molar-refractivity contribution < 1.29 is 33.4 Å². The van der Waals surface area contributed by atoms with E-state index < -0.39 is 41.1 Å². The Morgan fingerprint density at radius 3 is 2.52 bits per heavy atom. The lowest BCUT2D eigenvalue weighted by atomic mass is 10.0. The minimum absolute atomic E-state index is 0.0162. The number of carbonyl (C=O) groups excluding carboxylic acids is 5. The molecule has 10 heteroatoms. The quantitative estimate of drug-likeness (QED) is 0.367. The Labute approximate surface area is 183 Å². The van der Waals surface area contributed by atoms with Gasteiger partial charge < -0.3 is 14.8 Å². The molecular formula is C21H22N2O7S. The number of methoxy groups -OCH3 is 1. The summed E-state index contributed by atoms with van der Waals surface area (Å²) in [6.45, 7) is 2.76. The Kier molecular flexibility index (Phi) is 6.79. The number of β-lactam (4-membered cyclic amide) rings is 1. The number of hydrogen-bond donors (Lipinski definition) is 1. The summed E-state index contributed by atoms with van der Waals surface area (Å²) in [5.41, 5.74) is 1.37. The molecule has 0 radical (unpaired) electrons. The number of nitrogens with one attached hydrogen (secondary N) is 1. The standard InChI is InChI=1S/C21H22N2O7S/c1-11-10-31-19-15(22-14(25)9-13-7-5-4-6-8-13)18(26)23(19)16(11)20(27)30-17(12(2)24)21(28)29-3/h4-8,15,17,19H,9-10H2,1-3H3,(H,22,25). The average molecular weight is 446 g/mol. The van der Waals surface area contributed by atoms with Crippen LogP contribution in [0, 0.1) is 0 Å². The van der Waals surface area contributed by atoms with E-state index in [-0.39, 0.29) is 18.0 Å². The van der Waals surface area contributed by atoms with Gasteiger partial charge in [0.25, 0.3) is 12.0 Å². The van der Waals surface area contributed by atoms with Crippen LogP contribution in [0.15, 0.2) is 41.6 Å². The van der Waals surface area contributed by atoms with Crippen LogP contribution in [0.5, 0.6) is 0 Å². The molecule has 0 aromatic heterocycles. The average Bonchev–Trinajstić information content (AvgIpc) is 2.75. The maximum absolute atomic E-state index is 12.8. The van der Waals surface area contributed by atoms with Gasteiger partial charge in [-0.3, -0.25) is 19.3 Å². The number of ketones is 1.